The van der Waals surface area contributed by atoms with E-state index in [0.29, 0.717) is 12.1 Å². The Balaban J connectivity index is 1.83. The van der Waals surface area contributed by atoms with Crippen LogP contribution in [0.5, 0.6) is 0 Å². The number of nitrogens with one attached hydrogen (secondary N) is 2. The molecule has 0 saturated carbocycles. The van der Waals surface area contributed by atoms with E-state index < -0.39 is 0 Å². The van der Waals surface area contributed by atoms with Crippen LogP contribution in [0.3, 0.4) is 0 Å². The highest BCUT2D eigenvalue weighted by molar-refractivity contribution is 5.80. The Bertz CT molecular complexity index is 538. The van der Waals surface area contributed by atoms with Gasteiger partial charge in [0.2, 0.25) is 0 Å². The Morgan fingerprint density at radius 1 is 1.32 bits per heavy atom. The van der Waals surface area contributed by atoms with Crippen LogP contribution in [0.4, 0.5) is 0 Å². The second-order valence-corrected chi connectivity index (χ2v) is 6.79. The second-order valence-electron chi connectivity index (χ2n) is 6.79. The zero-order valence-corrected chi connectivity index (χ0v) is 16.0. The fourth-order valence-electron chi connectivity index (χ4n) is 3.34. The number of allylic oxidation sites excluding steroid dienone is 1. The van der Waals surface area contributed by atoms with Crippen LogP contribution in [-0.2, 0) is 6.54 Å². The molecule has 2 unspecified atom stereocenters. The lowest BCUT2D eigenvalue weighted by molar-refractivity contribution is 0.134. The number of benzene rings is 1. The molecule has 0 aromatic heterocycles. The summed E-state index contributed by atoms with van der Waals surface area (Å²) < 4.78 is 0. The third-order valence-corrected chi connectivity index (χ3v) is 4.73. The Morgan fingerprint density at radius 2 is 2.12 bits per heavy atom. The molecule has 2 N–H and O–H groups in total. The lowest BCUT2D eigenvalue weighted by Gasteiger charge is -2.38. The molecule has 4 heteroatoms. The average molecular weight is 343 g/mol. The number of hydrogen-bond donors (Lipinski definition) is 2. The fraction of sp³-hybridized carbons (Fsp3) is 0.571. The van der Waals surface area contributed by atoms with Gasteiger partial charge in [0.1, 0.15) is 0 Å². The topological polar surface area (TPSA) is 39.7 Å². The molecule has 1 saturated heterocycles. The zero-order valence-electron chi connectivity index (χ0n) is 16.0. The van der Waals surface area contributed by atoms with Gasteiger partial charge < -0.3 is 10.6 Å². The molecule has 0 aliphatic carbocycles. The van der Waals surface area contributed by atoms with Crippen molar-refractivity contribution < 1.29 is 0 Å². The highest BCUT2D eigenvalue weighted by Gasteiger charge is 2.25. The van der Waals surface area contributed by atoms with Gasteiger partial charge in [-0.15, -0.1) is 0 Å². The van der Waals surface area contributed by atoms with Crippen molar-refractivity contribution in [2.45, 2.75) is 58.7 Å². The lowest BCUT2D eigenvalue weighted by Crippen LogP contribution is -2.51. The Hall–Kier alpha value is -1.81. The van der Waals surface area contributed by atoms with Gasteiger partial charge in [0, 0.05) is 38.3 Å². The van der Waals surface area contributed by atoms with E-state index in [4.69, 9.17) is 0 Å². The van der Waals surface area contributed by atoms with E-state index in [-0.39, 0.29) is 0 Å². The Kier molecular flexibility index (Phi) is 8.53. The normalized spacial score (nSPS) is 22.3. The van der Waals surface area contributed by atoms with Gasteiger partial charge in [-0.05, 0) is 45.6 Å². The van der Waals surface area contributed by atoms with Crippen molar-refractivity contribution in [3.63, 3.8) is 0 Å². The summed E-state index contributed by atoms with van der Waals surface area (Å²) in [5.74, 6) is 0.959. The predicted octanol–water partition coefficient (Wildman–Crippen LogP) is 3.56. The average Bonchev–Trinajstić information content (AvgIpc) is 2.62. The number of aliphatic imine (C=N–C) groups is 1. The van der Waals surface area contributed by atoms with E-state index in [1.165, 1.54) is 5.56 Å². The molecular weight excluding hydrogens is 308 g/mol. The molecule has 138 valence electrons. The summed E-state index contributed by atoms with van der Waals surface area (Å²) in [6.45, 7) is 10.4. The van der Waals surface area contributed by atoms with Crippen LogP contribution in [0.25, 0.3) is 0 Å². The summed E-state index contributed by atoms with van der Waals surface area (Å²) in [5.41, 5.74) is 1.40. The summed E-state index contributed by atoms with van der Waals surface area (Å²) in [5, 5.41) is 7.01. The lowest BCUT2D eigenvalue weighted by atomic mass is 9.97. The van der Waals surface area contributed by atoms with Crippen LogP contribution in [0, 0.1) is 0 Å². The first-order chi connectivity index (χ1) is 12.2. The van der Waals surface area contributed by atoms with Gasteiger partial charge >= 0.3 is 0 Å². The van der Waals surface area contributed by atoms with Gasteiger partial charge in [-0.2, -0.15) is 0 Å². The third-order valence-electron chi connectivity index (χ3n) is 4.73. The SMILES string of the molecule is C/C=C/CCN=C(NCC)NC1CCN(Cc2ccccc2)C(C)C1. The van der Waals surface area contributed by atoms with Gasteiger partial charge in [-0.25, -0.2) is 0 Å². The minimum atomic E-state index is 0.501. The molecule has 0 radical (unpaired) electrons. The summed E-state index contributed by atoms with van der Waals surface area (Å²) in [6.07, 6.45) is 7.57. The minimum absolute atomic E-state index is 0.501. The standard InChI is InChI=1S/C21H34N4/c1-4-6-10-14-23-21(22-5-2)24-20-13-15-25(18(3)16-20)17-19-11-8-7-9-12-19/h4,6-9,11-12,18,20H,5,10,13-17H2,1-3H3,(H2,22,23,24)/b6-4+. The van der Waals surface area contributed by atoms with Crippen LogP contribution >= 0.6 is 0 Å². The van der Waals surface area contributed by atoms with Crippen LogP contribution < -0.4 is 10.6 Å². The smallest absolute Gasteiger partial charge is 0.191 e. The number of guanidine groups is 1. The van der Waals surface area contributed by atoms with Crippen molar-refractivity contribution in [3.05, 3.63) is 48.0 Å². The van der Waals surface area contributed by atoms with Gasteiger partial charge in [0.25, 0.3) is 0 Å². The maximum absolute atomic E-state index is 4.69. The molecule has 1 heterocycles. The van der Waals surface area contributed by atoms with Crippen molar-refractivity contribution in [1.82, 2.24) is 15.5 Å². The first kappa shape index (κ1) is 19.5. The monoisotopic (exact) mass is 342 g/mol. The molecule has 2 rings (SSSR count). The Morgan fingerprint density at radius 3 is 2.80 bits per heavy atom. The number of rotatable bonds is 7. The molecule has 4 nitrogen and oxygen atoms in total. The number of hydrogen-bond acceptors (Lipinski definition) is 2. The molecule has 0 bridgehead atoms. The summed E-state index contributed by atoms with van der Waals surface area (Å²) in [4.78, 5) is 7.27. The molecule has 25 heavy (non-hydrogen) atoms. The van der Waals surface area contributed by atoms with E-state index in [1.54, 1.807) is 0 Å². The molecule has 1 aliphatic heterocycles. The highest BCUT2D eigenvalue weighted by atomic mass is 15.2. The second kappa shape index (κ2) is 10.9. The molecule has 1 aromatic carbocycles. The summed E-state index contributed by atoms with van der Waals surface area (Å²) >= 11 is 0. The van der Waals surface area contributed by atoms with Crippen molar-refractivity contribution in [2.75, 3.05) is 19.6 Å². The quantitative estimate of drug-likeness (QED) is 0.344. The van der Waals surface area contributed by atoms with Gasteiger partial charge in [-0.1, -0.05) is 42.5 Å². The summed E-state index contributed by atoms with van der Waals surface area (Å²) in [7, 11) is 0. The predicted molar refractivity (Wildman–Crippen MR) is 108 cm³/mol. The molecule has 1 aromatic rings. The molecule has 2 atom stereocenters. The molecular formula is C21H34N4. The van der Waals surface area contributed by atoms with E-state index >= 15 is 0 Å². The van der Waals surface area contributed by atoms with Crippen molar-refractivity contribution in [3.8, 4) is 0 Å². The van der Waals surface area contributed by atoms with E-state index in [1.807, 2.05) is 0 Å². The maximum atomic E-state index is 4.69. The molecule has 0 amide bonds. The maximum Gasteiger partial charge on any atom is 0.191 e. The first-order valence-electron chi connectivity index (χ1n) is 9.67. The third kappa shape index (κ3) is 6.91. The fourth-order valence-corrected chi connectivity index (χ4v) is 3.34. The Labute approximate surface area is 153 Å². The number of likely N-dealkylation sites (tertiary alicyclic amines) is 1. The highest BCUT2D eigenvalue weighted by Crippen LogP contribution is 2.19. The van der Waals surface area contributed by atoms with Gasteiger partial charge in [0.15, 0.2) is 5.96 Å². The van der Waals surface area contributed by atoms with Crippen LogP contribution in [0.15, 0.2) is 47.5 Å². The number of piperidine rings is 1. The minimum Gasteiger partial charge on any atom is -0.357 e. The van der Waals surface area contributed by atoms with E-state index in [0.717, 1.165) is 51.4 Å². The molecule has 0 spiro atoms. The molecule has 1 fully saturated rings. The van der Waals surface area contributed by atoms with Crippen molar-refractivity contribution in [2.24, 2.45) is 4.99 Å². The van der Waals surface area contributed by atoms with Crippen LogP contribution in [0.2, 0.25) is 0 Å². The van der Waals surface area contributed by atoms with E-state index in [9.17, 15) is 0 Å². The van der Waals surface area contributed by atoms with Gasteiger partial charge in [-0.3, -0.25) is 9.89 Å². The largest absolute Gasteiger partial charge is 0.357 e. The molecule has 1 aliphatic rings. The zero-order chi connectivity index (χ0) is 17.9. The summed E-state index contributed by atoms with van der Waals surface area (Å²) in [6, 6.07) is 11.9. The van der Waals surface area contributed by atoms with Crippen molar-refractivity contribution in [1.29, 1.82) is 0 Å². The first-order valence-corrected chi connectivity index (χ1v) is 9.67. The van der Waals surface area contributed by atoms with E-state index in [2.05, 4.69) is 83.8 Å². The van der Waals surface area contributed by atoms with Crippen molar-refractivity contribution >= 4 is 5.96 Å². The van der Waals surface area contributed by atoms with Crippen LogP contribution in [0.1, 0.15) is 45.6 Å². The van der Waals surface area contributed by atoms with Gasteiger partial charge in [0.05, 0.1) is 0 Å². The number of nitrogens with zero attached hydrogens (tertiary/aromatic N) is 2. The van der Waals surface area contributed by atoms with Crippen LogP contribution in [-0.4, -0.2) is 42.6 Å².